The Morgan fingerprint density at radius 3 is 1.61 bits per heavy atom. The minimum Gasteiger partial charge on any atom is -0.508 e. The van der Waals surface area contributed by atoms with E-state index in [0.29, 0.717) is 11.5 Å². The highest BCUT2D eigenvalue weighted by molar-refractivity contribution is 5.80. The van der Waals surface area contributed by atoms with E-state index in [1.165, 1.54) is 0 Å². The van der Waals surface area contributed by atoms with Crippen LogP contribution in [0.5, 0.6) is 28.7 Å². The van der Waals surface area contributed by atoms with E-state index in [1.54, 1.807) is 36.4 Å². The van der Waals surface area contributed by atoms with Crippen molar-refractivity contribution in [1.29, 1.82) is 0 Å². The van der Waals surface area contributed by atoms with Gasteiger partial charge in [-0.15, -0.1) is 0 Å². The number of hydrogen-bond acceptors (Lipinski definition) is 5. The van der Waals surface area contributed by atoms with Crippen LogP contribution in [0.4, 0.5) is 17.1 Å². The molecule has 168 valence electrons. The zero-order chi connectivity index (χ0) is 23.7. The lowest BCUT2D eigenvalue weighted by Gasteiger charge is -2.28. The largest absolute Gasteiger partial charge is 0.508 e. The third-order valence-corrected chi connectivity index (χ3v) is 5.77. The van der Waals surface area contributed by atoms with Crippen LogP contribution in [0.15, 0.2) is 72.8 Å². The lowest BCUT2D eigenvalue weighted by Crippen LogP contribution is -2.12. The SMILES string of the molecule is Cc1cc(O)ccc1N(c1ccc(Oc2cc(O)cc(C)c2C)cc1)c1ccc(O)cc1C. The van der Waals surface area contributed by atoms with E-state index in [0.717, 1.165) is 39.3 Å². The van der Waals surface area contributed by atoms with Gasteiger partial charge in [-0.3, -0.25) is 0 Å². The second kappa shape index (κ2) is 8.79. The molecule has 0 saturated carbocycles. The molecule has 4 aromatic rings. The summed E-state index contributed by atoms with van der Waals surface area (Å²) in [6, 6.07) is 21.5. The Balaban J connectivity index is 1.75. The van der Waals surface area contributed by atoms with Crippen molar-refractivity contribution in [3.8, 4) is 28.7 Å². The number of rotatable bonds is 5. The Hall–Kier alpha value is -4.12. The number of phenols is 3. The third kappa shape index (κ3) is 4.58. The van der Waals surface area contributed by atoms with E-state index in [-0.39, 0.29) is 17.2 Å². The Kier molecular flexibility index (Phi) is 5.88. The van der Waals surface area contributed by atoms with Crippen molar-refractivity contribution in [2.45, 2.75) is 27.7 Å². The van der Waals surface area contributed by atoms with Gasteiger partial charge in [0.25, 0.3) is 0 Å². The first kappa shape index (κ1) is 22.1. The van der Waals surface area contributed by atoms with Crippen LogP contribution >= 0.6 is 0 Å². The van der Waals surface area contributed by atoms with Crippen LogP contribution in [-0.4, -0.2) is 15.3 Å². The predicted molar refractivity (Wildman–Crippen MR) is 132 cm³/mol. The predicted octanol–water partition coefficient (Wildman–Crippen LogP) is 7.30. The van der Waals surface area contributed by atoms with Gasteiger partial charge in [0.15, 0.2) is 0 Å². The van der Waals surface area contributed by atoms with Crippen LogP contribution in [0.1, 0.15) is 22.3 Å². The van der Waals surface area contributed by atoms with Gasteiger partial charge >= 0.3 is 0 Å². The molecule has 0 amide bonds. The van der Waals surface area contributed by atoms with Gasteiger partial charge in [-0.1, -0.05) is 0 Å². The van der Waals surface area contributed by atoms with Crippen LogP contribution in [0.3, 0.4) is 0 Å². The molecular weight excluding hydrogens is 414 g/mol. The summed E-state index contributed by atoms with van der Waals surface area (Å²) in [5.41, 5.74) is 6.47. The second-order valence-electron chi connectivity index (χ2n) is 8.26. The van der Waals surface area contributed by atoms with Crippen molar-refractivity contribution in [1.82, 2.24) is 0 Å². The first-order valence-corrected chi connectivity index (χ1v) is 10.7. The Morgan fingerprint density at radius 2 is 1.09 bits per heavy atom. The molecule has 3 N–H and O–H groups in total. The summed E-state index contributed by atoms with van der Waals surface area (Å²) < 4.78 is 6.05. The van der Waals surface area contributed by atoms with Gasteiger partial charge in [-0.25, -0.2) is 0 Å². The summed E-state index contributed by atoms with van der Waals surface area (Å²) in [4.78, 5) is 2.08. The number of anilines is 3. The molecule has 4 rings (SSSR count). The van der Waals surface area contributed by atoms with E-state index >= 15 is 0 Å². The molecule has 33 heavy (non-hydrogen) atoms. The van der Waals surface area contributed by atoms with Gasteiger partial charge < -0.3 is 25.0 Å². The number of ether oxygens (including phenoxy) is 1. The molecule has 0 aliphatic carbocycles. The summed E-state index contributed by atoms with van der Waals surface area (Å²) in [5, 5.41) is 29.7. The van der Waals surface area contributed by atoms with E-state index in [9.17, 15) is 15.3 Å². The topological polar surface area (TPSA) is 73.2 Å². The van der Waals surface area contributed by atoms with Gasteiger partial charge in [-0.2, -0.15) is 0 Å². The molecule has 0 aromatic heterocycles. The molecule has 0 unspecified atom stereocenters. The summed E-state index contributed by atoms with van der Waals surface area (Å²) >= 11 is 0. The molecular formula is C28H27NO4. The van der Waals surface area contributed by atoms with Crippen molar-refractivity contribution in [2.24, 2.45) is 0 Å². The van der Waals surface area contributed by atoms with Crippen molar-refractivity contribution >= 4 is 17.1 Å². The molecule has 0 atom stereocenters. The average molecular weight is 442 g/mol. The van der Waals surface area contributed by atoms with Gasteiger partial charge in [0.2, 0.25) is 0 Å². The van der Waals surface area contributed by atoms with Crippen molar-refractivity contribution in [3.05, 3.63) is 95.1 Å². The molecule has 0 heterocycles. The lowest BCUT2D eigenvalue weighted by molar-refractivity contribution is 0.452. The van der Waals surface area contributed by atoms with E-state index in [1.807, 2.05) is 64.1 Å². The molecule has 0 aliphatic heterocycles. The highest BCUT2D eigenvalue weighted by Gasteiger charge is 2.17. The summed E-state index contributed by atoms with van der Waals surface area (Å²) in [6.45, 7) is 7.79. The molecule has 0 aliphatic rings. The fourth-order valence-electron chi connectivity index (χ4n) is 3.89. The maximum absolute atomic E-state index is 9.93. The van der Waals surface area contributed by atoms with Gasteiger partial charge in [0, 0.05) is 23.1 Å². The second-order valence-corrected chi connectivity index (χ2v) is 8.26. The number of nitrogens with zero attached hydrogens (tertiary/aromatic N) is 1. The molecule has 0 spiro atoms. The Labute approximate surface area is 193 Å². The average Bonchev–Trinajstić information content (AvgIpc) is 2.75. The minimum atomic E-state index is 0.168. The van der Waals surface area contributed by atoms with Crippen molar-refractivity contribution < 1.29 is 20.1 Å². The fourth-order valence-corrected chi connectivity index (χ4v) is 3.89. The lowest BCUT2D eigenvalue weighted by atomic mass is 10.1. The molecule has 0 radical (unpaired) electrons. The van der Waals surface area contributed by atoms with Gasteiger partial charge in [0.05, 0.1) is 0 Å². The van der Waals surface area contributed by atoms with E-state index in [4.69, 9.17) is 4.74 Å². The maximum Gasteiger partial charge on any atom is 0.134 e. The molecule has 5 nitrogen and oxygen atoms in total. The number of benzene rings is 4. The first-order chi connectivity index (χ1) is 15.7. The number of hydrogen-bond donors (Lipinski definition) is 3. The van der Waals surface area contributed by atoms with Crippen molar-refractivity contribution in [2.75, 3.05) is 4.90 Å². The maximum atomic E-state index is 9.93. The summed E-state index contributed by atoms with van der Waals surface area (Å²) in [5.74, 6) is 1.84. The zero-order valence-corrected chi connectivity index (χ0v) is 19.1. The molecule has 4 aromatic carbocycles. The van der Waals surface area contributed by atoms with E-state index in [2.05, 4.69) is 4.90 Å². The van der Waals surface area contributed by atoms with Crippen LogP contribution in [0, 0.1) is 27.7 Å². The highest BCUT2D eigenvalue weighted by atomic mass is 16.5. The highest BCUT2D eigenvalue weighted by Crippen LogP contribution is 2.41. The monoisotopic (exact) mass is 441 g/mol. The molecule has 0 bridgehead atoms. The smallest absolute Gasteiger partial charge is 0.134 e. The standard InChI is InChI=1S/C28H27NO4/c1-17-13-24(32)16-28(20(17)4)33-25-9-5-21(6-10-25)29(26-11-7-22(30)14-18(26)2)27-12-8-23(31)15-19(27)3/h5-16,30-32H,1-4H3. The van der Waals surface area contributed by atoms with Crippen LogP contribution in [0.25, 0.3) is 0 Å². The quantitative estimate of drug-likeness (QED) is 0.303. The van der Waals surface area contributed by atoms with Crippen LogP contribution in [0.2, 0.25) is 0 Å². The van der Waals surface area contributed by atoms with Crippen LogP contribution < -0.4 is 9.64 Å². The van der Waals surface area contributed by atoms with Gasteiger partial charge in [0.1, 0.15) is 28.7 Å². The zero-order valence-electron chi connectivity index (χ0n) is 19.1. The molecule has 5 heteroatoms. The number of aromatic hydroxyl groups is 3. The summed E-state index contributed by atoms with van der Waals surface area (Å²) in [6.07, 6.45) is 0. The molecule has 0 saturated heterocycles. The normalized spacial score (nSPS) is 10.8. The fraction of sp³-hybridized carbons (Fsp3) is 0.143. The van der Waals surface area contributed by atoms with Crippen LogP contribution in [-0.2, 0) is 0 Å². The van der Waals surface area contributed by atoms with E-state index < -0.39 is 0 Å². The third-order valence-electron chi connectivity index (χ3n) is 5.77. The summed E-state index contributed by atoms with van der Waals surface area (Å²) in [7, 11) is 0. The van der Waals surface area contributed by atoms with Gasteiger partial charge in [-0.05, 0) is 117 Å². The number of aryl methyl sites for hydroxylation is 3. The minimum absolute atomic E-state index is 0.168. The Morgan fingerprint density at radius 1 is 0.576 bits per heavy atom. The van der Waals surface area contributed by atoms with Crippen molar-refractivity contribution in [3.63, 3.8) is 0 Å². The Bertz CT molecular complexity index is 1260. The first-order valence-electron chi connectivity index (χ1n) is 10.7. The molecule has 0 fully saturated rings. The number of phenolic OH excluding ortho intramolecular Hbond substituents is 3.